The lowest BCUT2D eigenvalue weighted by atomic mass is 9.78. The lowest BCUT2D eigenvalue weighted by Gasteiger charge is -2.26. The van der Waals surface area contributed by atoms with E-state index in [-0.39, 0.29) is 23.0 Å². The minimum Gasteiger partial charge on any atom is -0.206 e. The summed E-state index contributed by atoms with van der Waals surface area (Å²) in [7, 11) is 0. The predicted molar refractivity (Wildman–Crippen MR) is 130 cm³/mol. The first-order valence-corrected chi connectivity index (χ1v) is 12.4. The van der Waals surface area contributed by atoms with Crippen LogP contribution in [0.25, 0.3) is 10.8 Å². The predicted octanol–water partition coefficient (Wildman–Crippen LogP) is 8.98. The highest BCUT2D eigenvalue weighted by Crippen LogP contribution is 2.38. The summed E-state index contributed by atoms with van der Waals surface area (Å²) >= 11 is 0. The highest BCUT2D eigenvalue weighted by atomic mass is 19.2. The Bertz CT molecular complexity index is 1260. The third kappa shape index (κ3) is 5.86. The van der Waals surface area contributed by atoms with Crippen LogP contribution in [0.4, 0.5) is 22.0 Å². The highest BCUT2D eigenvalue weighted by molar-refractivity contribution is 5.84. The lowest BCUT2D eigenvalue weighted by molar-refractivity contribution is 0.384. The van der Waals surface area contributed by atoms with Gasteiger partial charge in [0.25, 0.3) is 0 Å². The van der Waals surface area contributed by atoms with Gasteiger partial charge in [-0.2, -0.15) is 0 Å². The van der Waals surface area contributed by atoms with Gasteiger partial charge in [-0.3, -0.25) is 0 Å². The van der Waals surface area contributed by atoms with Crippen LogP contribution in [-0.2, 0) is 6.42 Å². The van der Waals surface area contributed by atoms with Crippen molar-refractivity contribution in [2.24, 2.45) is 5.92 Å². The van der Waals surface area contributed by atoms with E-state index in [0.717, 1.165) is 56.6 Å². The maximum atomic E-state index is 14.5. The van der Waals surface area contributed by atoms with Gasteiger partial charge in [0, 0.05) is 5.92 Å². The molecule has 3 aromatic rings. The molecule has 0 spiro atoms. The van der Waals surface area contributed by atoms with E-state index in [9.17, 15) is 22.0 Å². The molecule has 0 radical (unpaired) electrons. The third-order valence-corrected chi connectivity index (χ3v) is 7.01. The van der Waals surface area contributed by atoms with Crippen molar-refractivity contribution in [3.8, 4) is 11.8 Å². The second-order valence-electron chi connectivity index (χ2n) is 9.53. The molecule has 184 valence electrons. The van der Waals surface area contributed by atoms with Crippen molar-refractivity contribution >= 4 is 10.8 Å². The first kappa shape index (κ1) is 25.2. The normalized spacial score (nSPS) is 17.9. The van der Waals surface area contributed by atoms with E-state index in [1.54, 1.807) is 18.2 Å². The van der Waals surface area contributed by atoms with Crippen LogP contribution in [0, 0.1) is 46.8 Å². The zero-order chi connectivity index (χ0) is 24.9. The smallest absolute Gasteiger partial charge is 0.195 e. The molecular weight excluding hydrogens is 455 g/mol. The Morgan fingerprint density at radius 1 is 0.771 bits per heavy atom. The van der Waals surface area contributed by atoms with Gasteiger partial charge in [-0.05, 0) is 85.2 Å². The molecule has 0 unspecified atom stereocenters. The molecule has 35 heavy (non-hydrogen) atoms. The van der Waals surface area contributed by atoms with E-state index in [1.807, 2.05) is 6.07 Å². The summed E-state index contributed by atoms with van der Waals surface area (Å²) in [5, 5.41) is -0.510. The van der Waals surface area contributed by atoms with Gasteiger partial charge < -0.3 is 0 Å². The molecule has 1 saturated carbocycles. The van der Waals surface area contributed by atoms with E-state index in [2.05, 4.69) is 18.8 Å². The topological polar surface area (TPSA) is 0 Å². The summed E-state index contributed by atoms with van der Waals surface area (Å²) in [5.41, 5.74) is 2.04. The zero-order valence-electron chi connectivity index (χ0n) is 19.9. The molecule has 1 aliphatic rings. The number of rotatable bonds is 6. The second kappa shape index (κ2) is 11.2. The van der Waals surface area contributed by atoms with Crippen LogP contribution in [0.3, 0.4) is 0 Å². The molecule has 0 aromatic heterocycles. The average molecular weight is 485 g/mol. The van der Waals surface area contributed by atoms with Crippen LogP contribution in [-0.4, -0.2) is 0 Å². The number of unbranched alkanes of at least 4 members (excludes halogenated alkanes) is 3. The number of benzene rings is 3. The summed E-state index contributed by atoms with van der Waals surface area (Å²) in [5.74, 6) is 0.625. The Morgan fingerprint density at radius 2 is 1.54 bits per heavy atom. The molecule has 0 bridgehead atoms. The van der Waals surface area contributed by atoms with Crippen molar-refractivity contribution < 1.29 is 22.0 Å². The first-order valence-electron chi connectivity index (χ1n) is 12.4. The number of halogens is 5. The van der Waals surface area contributed by atoms with E-state index in [4.69, 9.17) is 0 Å². The Labute approximate surface area is 203 Å². The highest BCUT2D eigenvalue weighted by Gasteiger charge is 2.24. The van der Waals surface area contributed by atoms with E-state index in [1.165, 1.54) is 18.9 Å². The monoisotopic (exact) mass is 484 g/mol. The quantitative estimate of drug-likeness (QED) is 0.142. The number of aryl methyl sites for hydroxylation is 1. The van der Waals surface area contributed by atoms with Crippen molar-refractivity contribution in [1.82, 2.24) is 0 Å². The van der Waals surface area contributed by atoms with Crippen molar-refractivity contribution in [2.45, 2.75) is 70.6 Å². The Balaban J connectivity index is 1.39. The molecule has 0 saturated heterocycles. The van der Waals surface area contributed by atoms with Crippen molar-refractivity contribution in [1.29, 1.82) is 0 Å². The molecule has 0 atom stereocenters. The molecule has 4 rings (SSSR count). The van der Waals surface area contributed by atoms with Crippen LogP contribution in [0.1, 0.15) is 80.9 Å². The Kier molecular flexibility index (Phi) is 8.11. The van der Waals surface area contributed by atoms with Gasteiger partial charge in [0.05, 0.1) is 10.9 Å². The molecule has 1 aliphatic carbocycles. The van der Waals surface area contributed by atoms with Crippen LogP contribution in [0.15, 0.2) is 36.4 Å². The summed E-state index contributed by atoms with van der Waals surface area (Å²) < 4.78 is 70.2. The van der Waals surface area contributed by atoms with Gasteiger partial charge in [0.2, 0.25) is 0 Å². The number of fused-ring (bicyclic) bond motifs is 1. The molecule has 0 nitrogen and oxygen atoms in total. The van der Waals surface area contributed by atoms with Crippen LogP contribution in [0.2, 0.25) is 0 Å². The summed E-state index contributed by atoms with van der Waals surface area (Å²) in [6, 6.07) is 8.88. The standard InChI is InChI=1S/C30H29F5/c1-2-3-4-5-6-20-10-14-22(25(31)15-20)13-9-19-7-11-21(12-8-19)23-16-24-18-27(33)29(34)30(35)28(24)26(32)17-23/h10,14-19,21H,2-8,11-12H2,1H3. The minimum absolute atomic E-state index is 0.0163. The average Bonchev–Trinajstić information content (AvgIpc) is 2.84. The van der Waals surface area contributed by atoms with Crippen LogP contribution < -0.4 is 0 Å². The van der Waals surface area contributed by atoms with Gasteiger partial charge in [0.1, 0.15) is 11.6 Å². The van der Waals surface area contributed by atoms with E-state index >= 15 is 0 Å². The summed E-state index contributed by atoms with van der Waals surface area (Å²) in [6.07, 6.45) is 8.45. The fourth-order valence-electron chi connectivity index (χ4n) is 4.97. The van der Waals surface area contributed by atoms with Gasteiger partial charge in [0.15, 0.2) is 17.5 Å². The van der Waals surface area contributed by atoms with Crippen molar-refractivity contribution in [3.63, 3.8) is 0 Å². The summed E-state index contributed by atoms with van der Waals surface area (Å²) in [6.45, 7) is 2.16. The molecule has 0 aliphatic heterocycles. The second-order valence-corrected chi connectivity index (χ2v) is 9.53. The fourth-order valence-corrected chi connectivity index (χ4v) is 4.97. The van der Waals surface area contributed by atoms with Crippen LogP contribution in [0.5, 0.6) is 0 Å². The van der Waals surface area contributed by atoms with Gasteiger partial charge >= 0.3 is 0 Å². The maximum Gasteiger partial charge on any atom is 0.195 e. The molecule has 0 N–H and O–H groups in total. The lowest BCUT2D eigenvalue weighted by Crippen LogP contribution is -2.12. The Hall–Kier alpha value is -2.87. The third-order valence-electron chi connectivity index (χ3n) is 7.01. The largest absolute Gasteiger partial charge is 0.206 e. The van der Waals surface area contributed by atoms with E-state index in [0.29, 0.717) is 11.1 Å². The van der Waals surface area contributed by atoms with Crippen molar-refractivity contribution in [3.05, 3.63) is 82.2 Å². The molecule has 3 aromatic carbocycles. The van der Waals surface area contributed by atoms with Gasteiger partial charge in [-0.25, -0.2) is 22.0 Å². The minimum atomic E-state index is -1.67. The Morgan fingerprint density at radius 3 is 2.26 bits per heavy atom. The van der Waals surface area contributed by atoms with Gasteiger partial charge in [-0.15, -0.1) is 0 Å². The number of hydrogen-bond donors (Lipinski definition) is 0. The van der Waals surface area contributed by atoms with Crippen molar-refractivity contribution in [2.75, 3.05) is 0 Å². The molecular formula is C30H29F5. The zero-order valence-corrected chi connectivity index (χ0v) is 19.9. The van der Waals surface area contributed by atoms with Gasteiger partial charge in [-0.1, -0.05) is 50.2 Å². The molecule has 0 amide bonds. The molecule has 0 heterocycles. The molecule has 1 fully saturated rings. The van der Waals surface area contributed by atoms with E-state index < -0.39 is 28.7 Å². The fraction of sp³-hybridized carbons (Fsp3) is 0.400. The maximum absolute atomic E-state index is 14.5. The number of hydrogen-bond acceptors (Lipinski definition) is 0. The molecule has 5 heteroatoms. The van der Waals surface area contributed by atoms with Crippen LogP contribution >= 0.6 is 0 Å². The SMILES string of the molecule is CCCCCCc1ccc(C#CC2CCC(c3cc(F)c4c(F)c(F)c(F)cc4c3)CC2)c(F)c1. The summed E-state index contributed by atoms with van der Waals surface area (Å²) in [4.78, 5) is 0. The first-order chi connectivity index (χ1) is 16.9.